The summed E-state index contributed by atoms with van der Waals surface area (Å²) in [5.41, 5.74) is 5.91. The Labute approximate surface area is 76.9 Å². The van der Waals surface area contributed by atoms with E-state index in [1.165, 1.54) is 32.1 Å². The van der Waals surface area contributed by atoms with Gasteiger partial charge in [0.25, 0.3) is 0 Å². The van der Waals surface area contributed by atoms with Gasteiger partial charge in [0.15, 0.2) is 0 Å². The number of hydrogen-bond donors (Lipinski definition) is 1. The Bertz CT molecular complexity index is 112. The minimum absolute atomic E-state index is 0.462. The lowest BCUT2D eigenvalue weighted by Crippen LogP contribution is -2.27. The van der Waals surface area contributed by atoms with Crippen LogP contribution in [0, 0.1) is 0 Å². The molecule has 1 aliphatic carbocycles. The van der Waals surface area contributed by atoms with Gasteiger partial charge in [-0.15, -0.1) is 0 Å². The molecule has 2 heteroatoms. The van der Waals surface area contributed by atoms with Gasteiger partial charge in [-0.2, -0.15) is 0 Å². The maximum atomic E-state index is 5.91. The van der Waals surface area contributed by atoms with Gasteiger partial charge >= 0.3 is 0 Å². The van der Waals surface area contributed by atoms with Gasteiger partial charge in [0.2, 0.25) is 0 Å². The van der Waals surface area contributed by atoms with E-state index in [1.54, 1.807) is 0 Å². The molecule has 0 aromatic carbocycles. The van der Waals surface area contributed by atoms with E-state index in [2.05, 4.69) is 29.5 Å². The summed E-state index contributed by atoms with van der Waals surface area (Å²) in [5, 5.41) is 0. The topological polar surface area (TPSA) is 26.0 Å². The monoisotopic (exact) mass is 253 g/mol. The molecule has 0 spiro atoms. The first-order valence-electron chi connectivity index (χ1n) is 4.05. The van der Waals surface area contributed by atoms with Crippen molar-refractivity contribution in [3.63, 3.8) is 0 Å². The van der Waals surface area contributed by atoms with Crippen molar-refractivity contribution in [2.24, 2.45) is 5.73 Å². The van der Waals surface area contributed by atoms with Crippen molar-refractivity contribution in [1.29, 1.82) is 0 Å². The normalized spacial score (nSPS) is 42.9. The number of halogens is 1. The molecule has 0 heterocycles. The molecule has 2 N–H and O–H groups in total. The van der Waals surface area contributed by atoms with Gasteiger partial charge in [-0.1, -0.05) is 42.4 Å². The molecule has 0 saturated heterocycles. The van der Waals surface area contributed by atoms with Crippen LogP contribution in [0.15, 0.2) is 0 Å². The van der Waals surface area contributed by atoms with Crippen LogP contribution >= 0.6 is 22.6 Å². The van der Waals surface area contributed by atoms with Gasteiger partial charge in [0.1, 0.15) is 0 Å². The van der Waals surface area contributed by atoms with Crippen LogP contribution in [-0.2, 0) is 0 Å². The van der Waals surface area contributed by atoms with Gasteiger partial charge in [-0.05, 0) is 19.3 Å². The summed E-state index contributed by atoms with van der Waals surface area (Å²) >= 11 is 2.55. The molecular weight excluding hydrogens is 237 g/mol. The lowest BCUT2D eigenvalue weighted by molar-refractivity contribution is 0.530. The van der Waals surface area contributed by atoms with Gasteiger partial charge in [0, 0.05) is 9.46 Å². The van der Waals surface area contributed by atoms with E-state index in [0.717, 1.165) is 0 Å². The maximum absolute atomic E-state index is 5.91. The zero-order valence-electron chi connectivity index (χ0n) is 6.57. The van der Waals surface area contributed by atoms with Crippen LogP contribution in [0.2, 0.25) is 0 Å². The molecule has 10 heavy (non-hydrogen) atoms. The van der Waals surface area contributed by atoms with Crippen LogP contribution in [0.5, 0.6) is 0 Å². The largest absolute Gasteiger partial charge is 0.328 e. The van der Waals surface area contributed by atoms with Crippen molar-refractivity contribution in [2.75, 3.05) is 0 Å². The van der Waals surface area contributed by atoms with Crippen molar-refractivity contribution >= 4 is 22.6 Å². The first kappa shape index (κ1) is 8.78. The quantitative estimate of drug-likeness (QED) is 0.400. The van der Waals surface area contributed by atoms with Gasteiger partial charge in [0.05, 0.1) is 0 Å². The molecule has 0 aromatic rings. The number of rotatable bonds is 0. The van der Waals surface area contributed by atoms with Crippen LogP contribution in [0.25, 0.3) is 0 Å². The number of nitrogens with two attached hydrogens (primary N) is 1. The fourth-order valence-electron chi connectivity index (χ4n) is 1.65. The Balaban J connectivity index is 2.46. The van der Waals surface area contributed by atoms with E-state index in [0.29, 0.717) is 9.46 Å². The van der Waals surface area contributed by atoms with E-state index >= 15 is 0 Å². The second-order valence-corrected chi connectivity index (χ2v) is 6.23. The predicted octanol–water partition coefficient (Wildman–Crippen LogP) is 2.47. The Morgan fingerprint density at radius 1 is 1.50 bits per heavy atom. The highest BCUT2D eigenvalue weighted by atomic mass is 127. The molecule has 0 radical (unpaired) electrons. The third-order valence-electron chi connectivity index (χ3n) is 2.21. The van der Waals surface area contributed by atoms with Crippen LogP contribution in [0.3, 0.4) is 0 Å². The van der Waals surface area contributed by atoms with Gasteiger partial charge in [-0.25, -0.2) is 0 Å². The average Bonchev–Trinajstić information content (AvgIpc) is 1.90. The third kappa shape index (κ3) is 2.74. The molecule has 0 bridgehead atoms. The van der Waals surface area contributed by atoms with Crippen molar-refractivity contribution in [1.82, 2.24) is 0 Å². The molecule has 2 unspecified atom stereocenters. The Hall–Kier alpha value is 0.690. The summed E-state index contributed by atoms with van der Waals surface area (Å²) in [7, 11) is 0. The zero-order valence-corrected chi connectivity index (χ0v) is 8.73. The van der Waals surface area contributed by atoms with E-state index in [1.807, 2.05) is 0 Å². The Kier molecular flexibility index (Phi) is 2.98. The fraction of sp³-hybridized carbons (Fsp3) is 1.00. The molecule has 60 valence electrons. The second kappa shape index (κ2) is 3.39. The number of hydrogen-bond acceptors (Lipinski definition) is 1. The maximum Gasteiger partial charge on any atom is 0.0209 e. The highest BCUT2D eigenvalue weighted by molar-refractivity contribution is 14.1. The summed E-state index contributed by atoms with van der Waals surface area (Å²) in [6.07, 6.45) is 6.49. The molecule has 0 aliphatic heterocycles. The van der Waals surface area contributed by atoms with Crippen molar-refractivity contribution in [3.05, 3.63) is 0 Å². The molecular formula is C8H16IN. The van der Waals surface area contributed by atoms with Crippen LogP contribution < -0.4 is 5.73 Å². The van der Waals surface area contributed by atoms with Gasteiger partial charge in [-0.3, -0.25) is 0 Å². The molecule has 1 rings (SSSR count). The summed E-state index contributed by atoms with van der Waals surface area (Å²) in [6, 6.07) is 0.462. The lowest BCUT2D eigenvalue weighted by atomic mass is 10.0. The Morgan fingerprint density at radius 2 is 2.20 bits per heavy atom. The first-order valence-corrected chi connectivity index (χ1v) is 5.12. The van der Waals surface area contributed by atoms with Crippen LogP contribution in [0.4, 0.5) is 0 Å². The molecule has 0 aromatic heterocycles. The predicted molar refractivity (Wildman–Crippen MR) is 53.5 cm³/mol. The van der Waals surface area contributed by atoms with Crippen LogP contribution in [0.1, 0.15) is 39.0 Å². The molecule has 1 aliphatic rings. The third-order valence-corrected chi connectivity index (χ3v) is 3.19. The van der Waals surface area contributed by atoms with Crippen molar-refractivity contribution in [3.8, 4) is 0 Å². The summed E-state index contributed by atoms with van der Waals surface area (Å²) < 4.78 is 0.480. The molecule has 1 nitrogen and oxygen atoms in total. The minimum Gasteiger partial charge on any atom is -0.328 e. The van der Waals surface area contributed by atoms with E-state index < -0.39 is 0 Å². The fourth-order valence-corrected chi connectivity index (χ4v) is 2.60. The molecule has 2 atom stereocenters. The molecule has 0 amide bonds. The summed E-state index contributed by atoms with van der Waals surface area (Å²) in [6.45, 7) is 2.32. The zero-order chi connectivity index (χ0) is 7.61. The number of alkyl halides is 1. The SMILES string of the molecule is CC1(I)CCCCC(N)C1. The second-order valence-electron chi connectivity index (χ2n) is 3.62. The summed E-state index contributed by atoms with van der Waals surface area (Å²) in [4.78, 5) is 0. The molecule has 1 fully saturated rings. The minimum atomic E-state index is 0.462. The first-order chi connectivity index (χ1) is 4.60. The van der Waals surface area contributed by atoms with Crippen molar-refractivity contribution in [2.45, 2.75) is 48.5 Å². The van der Waals surface area contributed by atoms with Gasteiger partial charge < -0.3 is 5.73 Å². The molecule has 1 saturated carbocycles. The highest BCUT2D eigenvalue weighted by Gasteiger charge is 2.25. The highest BCUT2D eigenvalue weighted by Crippen LogP contribution is 2.33. The standard InChI is InChI=1S/C8H16IN/c1-8(9)5-3-2-4-7(10)6-8/h7H,2-6,10H2,1H3. The van der Waals surface area contributed by atoms with E-state index in [4.69, 9.17) is 5.73 Å². The van der Waals surface area contributed by atoms with E-state index in [9.17, 15) is 0 Å². The van der Waals surface area contributed by atoms with Crippen molar-refractivity contribution < 1.29 is 0 Å². The lowest BCUT2D eigenvalue weighted by Gasteiger charge is -2.21. The summed E-state index contributed by atoms with van der Waals surface area (Å²) in [5.74, 6) is 0. The average molecular weight is 253 g/mol. The smallest absolute Gasteiger partial charge is 0.0209 e. The van der Waals surface area contributed by atoms with E-state index in [-0.39, 0.29) is 0 Å². The Morgan fingerprint density at radius 3 is 2.90 bits per heavy atom. The van der Waals surface area contributed by atoms with Crippen LogP contribution in [-0.4, -0.2) is 9.46 Å².